The summed E-state index contributed by atoms with van der Waals surface area (Å²) in [6.45, 7) is 14.1. The minimum atomic E-state index is 0.0528. The Morgan fingerprint density at radius 3 is 1.25 bits per heavy atom. The Bertz CT molecular complexity index is 1250. The molecule has 5 nitrogen and oxygen atoms in total. The van der Waals surface area contributed by atoms with Crippen molar-refractivity contribution in [1.29, 1.82) is 0 Å². The quantitative estimate of drug-likeness (QED) is 0.151. The van der Waals surface area contributed by atoms with Gasteiger partial charge in [-0.05, 0) is 83.1 Å². The van der Waals surface area contributed by atoms with Gasteiger partial charge in [-0.2, -0.15) is 10.2 Å². The highest BCUT2D eigenvalue weighted by atomic mass is 16.1. The smallest absolute Gasteiger partial charge is 0.211 e. The molecule has 4 rings (SSSR count). The zero-order chi connectivity index (χ0) is 29.8. The van der Waals surface area contributed by atoms with E-state index in [1.54, 1.807) is 31.2 Å². The van der Waals surface area contributed by atoms with Crippen LogP contribution < -0.4 is 5.32 Å². The fourth-order valence-corrected chi connectivity index (χ4v) is 2.84. The molecule has 0 aliphatic rings. The predicted octanol–water partition coefficient (Wildman–Crippen LogP) is 10.3. The van der Waals surface area contributed by atoms with E-state index >= 15 is 0 Å². The van der Waals surface area contributed by atoms with Crippen molar-refractivity contribution in [3.63, 3.8) is 0 Å². The predicted molar refractivity (Wildman–Crippen MR) is 169 cm³/mol. The van der Waals surface area contributed by atoms with Crippen LogP contribution in [0.25, 0.3) is 0 Å². The van der Waals surface area contributed by atoms with Gasteiger partial charge in [0.05, 0.1) is 11.4 Å². The molecule has 1 N–H and O–H groups in total. The molecule has 0 radical (unpaired) electrons. The van der Waals surface area contributed by atoms with Crippen LogP contribution in [-0.2, 0) is 4.79 Å². The molecule has 0 fully saturated rings. The van der Waals surface area contributed by atoms with Gasteiger partial charge in [-0.25, -0.2) is 0 Å². The maximum atomic E-state index is 11.1. The van der Waals surface area contributed by atoms with Gasteiger partial charge in [0.15, 0.2) is 5.78 Å². The molecule has 0 saturated heterocycles. The van der Waals surface area contributed by atoms with Crippen molar-refractivity contribution in [2.45, 2.75) is 61.3 Å². The second-order valence-electron chi connectivity index (χ2n) is 9.42. The average Bonchev–Trinajstić information content (AvgIpc) is 2.97. The summed E-state index contributed by atoms with van der Waals surface area (Å²) in [5.41, 5.74) is 8.11. The van der Waals surface area contributed by atoms with Crippen LogP contribution in [0.15, 0.2) is 107 Å². The lowest BCUT2D eigenvalue weighted by atomic mass is 10.1. The number of aryl methyl sites for hydroxylation is 4. The average molecular weight is 538 g/mol. The van der Waals surface area contributed by atoms with E-state index in [0.29, 0.717) is 12.0 Å². The molecule has 210 valence electrons. The number of benzene rings is 4. The molecule has 0 aliphatic heterocycles. The maximum Gasteiger partial charge on any atom is 0.211 e. The van der Waals surface area contributed by atoms with E-state index in [2.05, 4.69) is 67.5 Å². The van der Waals surface area contributed by atoms with Gasteiger partial charge in [0.2, 0.25) is 6.41 Å². The molecule has 0 aromatic heterocycles. The van der Waals surface area contributed by atoms with Gasteiger partial charge < -0.3 is 5.32 Å². The Balaban J connectivity index is 0.000000306. The van der Waals surface area contributed by atoms with Gasteiger partial charge >= 0.3 is 0 Å². The molecule has 0 spiro atoms. The number of nitrogens with zero attached hydrogens (tertiary/aromatic N) is 2. The van der Waals surface area contributed by atoms with Crippen molar-refractivity contribution < 1.29 is 9.59 Å². The molecule has 1 amide bonds. The van der Waals surface area contributed by atoms with E-state index in [-0.39, 0.29) is 5.78 Å². The van der Waals surface area contributed by atoms with Crippen molar-refractivity contribution in [2.24, 2.45) is 10.2 Å². The van der Waals surface area contributed by atoms with Crippen LogP contribution >= 0.6 is 0 Å². The molecule has 0 bridgehead atoms. The number of carbonyl (C=O) groups excluding carboxylic acids is 2. The molecule has 0 atom stereocenters. The topological polar surface area (TPSA) is 70.9 Å². The monoisotopic (exact) mass is 537 g/mol. The molecule has 5 heteroatoms. The lowest BCUT2D eigenvalue weighted by molar-refractivity contribution is -0.105. The Morgan fingerprint density at radius 1 is 0.600 bits per heavy atom. The van der Waals surface area contributed by atoms with E-state index in [0.717, 1.165) is 17.1 Å². The molecule has 0 heterocycles. The van der Waals surface area contributed by atoms with Crippen molar-refractivity contribution >= 4 is 29.3 Å². The lowest BCUT2D eigenvalue weighted by Crippen LogP contribution is -1.92. The van der Waals surface area contributed by atoms with E-state index in [4.69, 9.17) is 0 Å². The van der Waals surface area contributed by atoms with Crippen LogP contribution in [-0.4, -0.2) is 12.2 Å². The summed E-state index contributed by atoms with van der Waals surface area (Å²) in [7, 11) is 0. The van der Waals surface area contributed by atoms with Gasteiger partial charge in [-0.1, -0.05) is 97.5 Å². The lowest BCUT2D eigenvalue weighted by Gasteiger charge is -1.96. The first-order chi connectivity index (χ1) is 19.2. The van der Waals surface area contributed by atoms with Crippen LogP contribution in [0, 0.1) is 27.7 Å². The maximum absolute atomic E-state index is 11.1. The summed E-state index contributed by atoms with van der Waals surface area (Å²) < 4.78 is 0. The number of anilines is 1. The first-order valence-corrected chi connectivity index (χ1v) is 13.6. The third-order valence-electron chi connectivity index (χ3n) is 5.58. The normalized spacial score (nSPS) is 9.68. The highest BCUT2D eigenvalue weighted by Gasteiger charge is 1.98. The number of hydrogen-bond acceptors (Lipinski definition) is 4. The second-order valence-corrected chi connectivity index (χ2v) is 9.42. The van der Waals surface area contributed by atoms with Crippen molar-refractivity contribution in [2.75, 3.05) is 5.32 Å². The van der Waals surface area contributed by atoms with E-state index < -0.39 is 0 Å². The number of unbranched alkanes of at least 4 members (excludes halogenated alkanes) is 1. The van der Waals surface area contributed by atoms with Gasteiger partial charge in [-0.3, -0.25) is 9.59 Å². The molecule has 4 aromatic carbocycles. The Kier molecular flexibility index (Phi) is 16.5. The number of rotatable bonds is 6. The molecule has 0 aliphatic carbocycles. The second kappa shape index (κ2) is 19.7. The standard InChI is InChI=1S/C15H14N2O.C8H9NO.C8H10.C4H10/c1-11-3-7-14(8-4-11)16-17-15-9-5-13(6-10-15)12(2)18;1-7-2-4-8(5-3-7)9-6-10;1-7-3-5-8(2)6-4-7;1-3-4-2/h3-10H,1-2H3;2-6H,1H3,(H,9,10);3-6H,1-2H3;3-4H2,1-2H3. The number of azo groups is 1. The molecule has 4 aromatic rings. The Hall–Kier alpha value is -4.38. The van der Waals surface area contributed by atoms with E-state index in [1.165, 1.54) is 35.1 Å². The van der Waals surface area contributed by atoms with Gasteiger partial charge in [0, 0.05) is 11.3 Å². The van der Waals surface area contributed by atoms with E-state index in [1.807, 2.05) is 62.4 Å². The molecular weight excluding hydrogens is 494 g/mol. The summed E-state index contributed by atoms with van der Waals surface area (Å²) >= 11 is 0. The molecule has 0 saturated carbocycles. The summed E-state index contributed by atoms with van der Waals surface area (Å²) in [5.74, 6) is 0.0528. The Morgan fingerprint density at radius 2 is 0.925 bits per heavy atom. The van der Waals surface area contributed by atoms with Crippen LogP contribution in [0.4, 0.5) is 17.1 Å². The number of amides is 1. The fraction of sp³-hybridized carbons (Fsp3) is 0.257. The zero-order valence-electron chi connectivity index (χ0n) is 24.9. The first-order valence-electron chi connectivity index (χ1n) is 13.6. The zero-order valence-corrected chi connectivity index (χ0v) is 24.9. The van der Waals surface area contributed by atoms with Crippen LogP contribution in [0.1, 0.15) is 66.2 Å². The molecule has 0 unspecified atom stereocenters. The third kappa shape index (κ3) is 15.1. The van der Waals surface area contributed by atoms with Crippen LogP contribution in [0.5, 0.6) is 0 Å². The fourth-order valence-electron chi connectivity index (χ4n) is 2.84. The summed E-state index contributed by atoms with van der Waals surface area (Å²) in [6.07, 6.45) is 3.31. The SMILES string of the molecule is CC(=O)c1ccc(N=Nc2ccc(C)cc2)cc1.CCCC.Cc1ccc(C)cc1.Cc1ccc(NC=O)cc1. The number of ketones is 1. The first kappa shape index (κ1) is 33.6. The number of hydrogen-bond donors (Lipinski definition) is 1. The van der Waals surface area contributed by atoms with Gasteiger partial charge in [-0.15, -0.1) is 0 Å². The highest BCUT2D eigenvalue weighted by molar-refractivity contribution is 5.94. The minimum absolute atomic E-state index is 0.0528. The van der Waals surface area contributed by atoms with Crippen molar-refractivity contribution in [1.82, 2.24) is 0 Å². The molecular formula is C35H43N3O2. The number of nitrogens with one attached hydrogen (secondary N) is 1. The number of carbonyl (C=O) groups is 2. The molecule has 40 heavy (non-hydrogen) atoms. The minimum Gasteiger partial charge on any atom is -0.329 e. The van der Waals surface area contributed by atoms with Crippen molar-refractivity contribution in [3.8, 4) is 0 Å². The largest absolute Gasteiger partial charge is 0.329 e. The number of Topliss-reactive ketones (excluding diaryl/α,β-unsaturated/α-hetero) is 1. The van der Waals surface area contributed by atoms with Gasteiger partial charge in [0.25, 0.3) is 0 Å². The van der Waals surface area contributed by atoms with Crippen LogP contribution in [0.3, 0.4) is 0 Å². The third-order valence-corrected chi connectivity index (χ3v) is 5.58. The Labute approximate surface area is 240 Å². The van der Waals surface area contributed by atoms with Crippen LogP contribution in [0.2, 0.25) is 0 Å². The van der Waals surface area contributed by atoms with Crippen molar-refractivity contribution in [3.05, 3.63) is 125 Å². The summed E-state index contributed by atoms with van der Waals surface area (Å²) in [5, 5.41) is 10.8. The van der Waals surface area contributed by atoms with Gasteiger partial charge in [0.1, 0.15) is 0 Å². The highest BCUT2D eigenvalue weighted by Crippen LogP contribution is 2.19. The van der Waals surface area contributed by atoms with E-state index in [9.17, 15) is 9.59 Å². The summed E-state index contributed by atoms with van der Waals surface area (Å²) in [6, 6.07) is 31.0. The summed E-state index contributed by atoms with van der Waals surface area (Å²) in [4.78, 5) is 21.1.